The first-order chi connectivity index (χ1) is 23.1. The molecule has 3 rings (SSSR count). The highest BCUT2D eigenvalue weighted by atomic mass is 16.5. The van der Waals surface area contributed by atoms with E-state index >= 15 is 0 Å². The molecule has 12 heteroatoms. The quantitative estimate of drug-likeness (QED) is 0.0859. The first kappa shape index (κ1) is 37.1. The van der Waals surface area contributed by atoms with Crippen LogP contribution in [-0.2, 0) is 38.6 Å². The minimum absolute atomic E-state index is 0.00196. The molecule has 0 aliphatic carbocycles. The number of ether oxygens (including phenoxy) is 1. The van der Waals surface area contributed by atoms with Gasteiger partial charge in [-0.05, 0) is 48.1 Å². The molecule has 0 radical (unpaired) electrons. The van der Waals surface area contributed by atoms with Crippen molar-refractivity contribution in [3.05, 3.63) is 102 Å². The first-order valence-corrected chi connectivity index (χ1v) is 15.9. The normalized spacial score (nSPS) is 12.0. The predicted molar refractivity (Wildman–Crippen MR) is 177 cm³/mol. The number of nitrogens with one attached hydrogen (secondary N) is 2. The molecule has 3 amide bonds. The second kappa shape index (κ2) is 19.3. The van der Waals surface area contributed by atoms with Crippen LogP contribution in [0, 0.1) is 0 Å². The Morgan fingerprint density at radius 1 is 0.771 bits per heavy atom. The molecule has 0 heterocycles. The van der Waals surface area contributed by atoms with Crippen molar-refractivity contribution in [3.8, 4) is 5.75 Å². The Labute approximate surface area is 279 Å². The summed E-state index contributed by atoms with van der Waals surface area (Å²) < 4.78 is 5.08. The van der Waals surface area contributed by atoms with E-state index in [1.54, 1.807) is 12.1 Å². The van der Waals surface area contributed by atoms with Crippen LogP contribution in [0.2, 0.25) is 0 Å². The summed E-state index contributed by atoms with van der Waals surface area (Å²) in [7, 11) is 0. The molecule has 3 aromatic carbocycles. The van der Waals surface area contributed by atoms with Crippen LogP contribution in [0.1, 0.15) is 55.7 Å². The van der Waals surface area contributed by atoms with Gasteiger partial charge in [-0.3, -0.25) is 9.59 Å². The summed E-state index contributed by atoms with van der Waals surface area (Å²) >= 11 is 0. The van der Waals surface area contributed by atoms with Gasteiger partial charge in [0.15, 0.2) is 0 Å². The Kier molecular flexibility index (Phi) is 14.9. The van der Waals surface area contributed by atoms with Gasteiger partial charge in [-0.25, -0.2) is 14.4 Å². The average Bonchev–Trinajstić information content (AvgIpc) is 3.07. The highest BCUT2D eigenvalue weighted by Gasteiger charge is 2.31. The molecule has 12 nitrogen and oxygen atoms in total. The lowest BCUT2D eigenvalue weighted by molar-refractivity contribution is -0.159. The van der Waals surface area contributed by atoms with Crippen molar-refractivity contribution in [3.63, 3.8) is 0 Å². The molecule has 0 aliphatic heterocycles. The number of urea groups is 1. The van der Waals surface area contributed by atoms with Gasteiger partial charge in [0.25, 0.3) is 6.10 Å². The van der Waals surface area contributed by atoms with Crippen molar-refractivity contribution < 1.29 is 44.0 Å². The molecule has 2 atom stereocenters. The number of aliphatic carboxylic acids is 3. The van der Waals surface area contributed by atoms with E-state index in [0.29, 0.717) is 24.9 Å². The minimum atomic E-state index is -2.09. The lowest BCUT2D eigenvalue weighted by Gasteiger charge is -2.33. The van der Waals surface area contributed by atoms with E-state index in [-0.39, 0.29) is 25.1 Å². The topological polar surface area (TPSA) is 183 Å². The third-order valence-electron chi connectivity index (χ3n) is 7.68. The largest absolute Gasteiger partial charge is 0.481 e. The first-order valence-electron chi connectivity index (χ1n) is 15.9. The van der Waals surface area contributed by atoms with E-state index in [1.807, 2.05) is 67.6 Å². The molecule has 1 unspecified atom stereocenters. The van der Waals surface area contributed by atoms with E-state index in [9.17, 15) is 29.1 Å². The van der Waals surface area contributed by atoms with Crippen LogP contribution < -0.4 is 15.4 Å². The molecule has 0 fully saturated rings. The van der Waals surface area contributed by atoms with E-state index in [1.165, 1.54) is 17.0 Å². The fraction of sp³-hybridized carbons (Fsp3) is 0.361. The highest BCUT2D eigenvalue weighted by Crippen LogP contribution is 2.19. The molecular weight excluding hydrogens is 618 g/mol. The number of unbranched alkanes of at least 4 members (excludes halogenated alkanes) is 2. The van der Waals surface area contributed by atoms with Crippen LogP contribution >= 0.6 is 0 Å². The van der Waals surface area contributed by atoms with Crippen molar-refractivity contribution in [1.82, 2.24) is 15.5 Å². The minimum Gasteiger partial charge on any atom is -0.481 e. The summed E-state index contributed by atoms with van der Waals surface area (Å²) in [5.74, 6) is -4.78. The zero-order valence-corrected chi connectivity index (χ0v) is 26.9. The number of hydrogen-bond acceptors (Lipinski definition) is 6. The summed E-state index contributed by atoms with van der Waals surface area (Å²) in [6, 6.07) is 22.3. The van der Waals surface area contributed by atoms with Crippen molar-refractivity contribution >= 4 is 29.8 Å². The number of carboxylic acid groups (broad SMARTS) is 3. The lowest BCUT2D eigenvalue weighted by atomic mass is 10.0. The molecule has 0 aromatic heterocycles. The smallest absolute Gasteiger partial charge is 0.356 e. The molecule has 0 spiro atoms. The Morgan fingerprint density at radius 3 is 1.94 bits per heavy atom. The van der Waals surface area contributed by atoms with Gasteiger partial charge >= 0.3 is 23.9 Å². The van der Waals surface area contributed by atoms with Gasteiger partial charge in [-0.15, -0.1) is 0 Å². The predicted octanol–water partition coefficient (Wildman–Crippen LogP) is 4.51. The second-order valence-corrected chi connectivity index (χ2v) is 11.4. The van der Waals surface area contributed by atoms with Crippen LogP contribution in [0.5, 0.6) is 5.75 Å². The number of amides is 3. The molecule has 5 N–H and O–H groups in total. The molecule has 0 bridgehead atoms. The third-order valence-corrected chi connectivity index (χ3v) is 7.68. The van der Waals surface area contributed by atoms with Crippen LogP contribution in [0.4, 0.5) is 4.79 Å². The Morgan fingerprint density at radius 2 is 1.38 bits per heavy atom. The van der Waals surface area contributed by atoms with Gasteiger partial charge in [0.05, 0.1) is 6.42 Å². The molecular formula is C36H43N3O9. The fourth-order valence-electron chi connectivity index (χ4n) is 5.13. The summed E-state index contributed by atoms with van der Waals surface area (Å²) in [5, 5.41) is 33.8. The number of carbonyl (C=O) groups is 5. The molecule has 0 saturated carbocycles. The fourth-order valence-corrected chi connectivity index (χ4v) is 5.13. The number of nitrogens with zero attached hydrogens (tertiary/aromatic N) is 1. The third kappa shape index (κ3) is 12.4. The van der Waals surface area contributed by atoms with Gasteiger partial charge in [0.1, 0.15) is 11.8 Å². The van der Waals surface area contributed by atoms with E-state index < -0.39 is 48.0 Å². The van der Waals surface area contributed by atoms with Crippen molar-refractivity contribution in [2.24, 2.45) is 0 Å². The molecule has 48 heavy (non-hydrogen) atoms. The lowest BCUT2D eigenvalue weighted by Crippen LogP contribution is -2.54. The van der Waals surface area contributed by atoms with E-state index in [2.05, 4.69) is 10.6 Å². The summed E-state index contributed by atoms with van der Waals surface area (Å²) in [6.45, 7) is 2.56. The van der Waals surface area contributed by atoms with Crippen LogP contribution in [0.3, 0.4) is 0 Å². The Bertz CT molecular complexity index is 1470. The van der Waals surface area contributed by atoms with Gasteiger partial charge in [-0.1, -0.05) is 92.6 Å². The number of benzene rings is 3. The van der Waals surface area contributed by atoms with Gasteiger partial charge in [0, 0.05) is 25.6 Å². The summed E-state index contributed by atoms with van der Waals surface area (Å²) in [6.07, 6.45) is 1.19. The summed E-state index contributed by atoms with van der Waals surface area (Å²) in [5.41, 5.74) is 2.38. The highest BCUT2D eigenvalue weighted by molar-refractivity contribution is 5.96. The molecule has 0 saturated heterocycles. The van der Waals surface area contributed by atoms with Crippen LogP contribution in [-0.4, -0.2) is 74.8 Å². The molecule has 256 valence electrons. The number of hydrogen-bond donors (Lipinski definition) is 5. The van der Waals surface area contributed by atoms with Crippen LogP contribution in [0.25, 0.3) is 0 Å². The van der Waals surface area contributed by atoms with Crippen LogP contribution in [0.15, 0.2) is 84.9 Å². The number of carboxylic acids is 3. The van der Waals surface area contributed by atoms with Crippen molar-refractivity contribution in [1.29, 1.82) is 0 Å². The van der Waals surface area contributed by atoms with Gasteiger partial charge < -0.3 is 35.6 Å². The standard InChI is InChI=1S/C36H43N3O9/c1-2-3-10-21-37-33(42)30(22-26-16-19-29(20-17-26)48-32(34(43)44)35(45)46)38-36(47)39(24-27-13-8-5-9-14-27)28(23-31(40)41)18-15-25-11-6-4-7-12-25/h4-9,11-14,16-17,19-20,28,30,32H,2-3,10,15,18,21-24H2,1H3,(H,37,42)(H,38,47)(H,40,41)(H,43,44)(H,45,46)/t28?,30-/m0/s1. The monoisotopic (exact) mass is 661 g/mol. The van der Waals surface area contributed by atoms with Crippen molar-refractivity contribution in [2.45, 2.75) is 76.6 Å². The Hall–Kier alpha value is -5.39. The van der Waals surface area contributed by atoms with Crippen molar-refractivity contribution in [2.75, 3.05) is 6.54 Å². The number of rotatable bonds is 20. The maximum Gasteiger partial charge on any atom is 0.356 e. The zero-order chi connectivity index (χ0) is 34.9. The Balaban J connectivity index is 1.87. The van der Waals surface area contributed by atoms with Gasteiger partial charge in [0.2, 0.25) is 5.91 Å². The molecule has 0 aliphatic rings. The van der Waals surface area contributed by atoms with Gasteiger partial charge in [-0.2, -0.15) is 0 Å². The summed E-state index contributed by atoms with van der Waals surface area (Å²) in [4.78, 5) is 63.5. The zero-order valence-electron chi connectivity index (χ0n) is 26.9. The number of aryl methyl sites for hydroxylation is 1. The number of carbonyl (C=O) groups excluding carboxylic acids is 2. The maximum atomic E-state index is 14.1. The SMILES string of the molecule is CCCCCNC(=O)[C@H](Cc1ccc(OC(C(=O)O)C(=O)O)cc1)NC(=O)N(Cc1ccccc1)C(CCc1ccccc1)CC(=O)O. The van der Waals surface area contributed by atoms with E-state index in [0.717, 1.165) is 30.4 Å². The van der Waals surface area contributed by atoms with E-state index in [4.69, 9.17) is 14.9 Å². The molecule has 3 aromatic rings. The maximum absolute atomic E-state index is 14.1. The second-order valence-electron chi connectivity index (χ2n) is 11.4. The average molecular weight is 662 g/mol.